The van der Waals surface area contributed by atoms with E-state index < -0.39 is 0 Å². The van der Waals surface area contributed by atoms with Gasteiger partial charge < -0.3 is 10.1 Å². The number of nitrogens with one attached hydrogen (secondary N) is 1. The Morgan fingerprint density at radius 1 is 1.18 bits per heavy atom. The standard InChI is InChI=1S/C19H21N5O3S/c1-3-14(19(26)27-2)28-17-10-9-15-21-22-16(24(15)23-17)11-12-20-18(25)13-7-5-4-6-8-13/h4-10,14H,3,11-12H2,1-2H3,(H,20,25)/t14-/m0/s1. The van der Waals surface area contributed by atoms with E-state index in [-0.39, 0.29) is 17.1 Å². The molecule has 1 atom stereocenters. The molecule has 0 bridgehead atoms. The van der Waals surface area contributed by atoms with E-state index in [1.807, 2.05) is 25.1 Å². The highest BCUT2D eigenvalue weighted by atomic mass is 32.2. The summed E-state index contributed by atoms with van der Waals surface area (Å²) in [4.78, 5) is 23.9. The molecule has 0 saturated carbocycles. The first-order valence-electron chi connectivity index (χ1n) is 8.91. The molecule has 9 heteroatoms. The van der Waals surface area contributed by atoms with Crippen LogP contribution in [0.4, 0.5) is 0 Å². The van der Waals surface area contributed by atoms with Crippen LogP contribution in [0.2, 0.25) is 0 Å². The second-order valence-electron chi connectivity index (χ2n) is 5.97. The Morgan fingerprint density at radius 3 is 2.68 bits per heavy atom. The average molecular weight is 399 g/mol. The lowest BCUT2D eigenvalue weighted by Crippen LogP contribution is -2.26. The number of ether oxygens (including phenoxy) is 1. The van der Waals surface area contributed by atoms with Crippen LogP contribution in [0.5, 0.6) is 0 Å². The Kier molecular flexibility index (Phi) is 6.59. The van der Waals surface area contributed by atoms with Crippen molar-refractivity contribution in [2.75, 3.05) is 13.7 Å². The Bertz CT molecular complexity index is 961. The number of esters is 1. The minimum absolute atomic E-state index is 0.137. The zero-order chi connectivity index (χ0) is 19.9. The first-order chi connectivity index (χ1) is 13.6. The molecule has 28 heavy (non-hydrogen) atoms. The SMILES string of the molecule is CC[C@H](Sc1ccc2nnc(CCNC(=O)c3ccccc3)n2n1)C(=O)OC. The molecular formula is C19H21N5O3S. The number of carbonyl (C=O) groups excluding carboxylic acids is 2. The molecule has 1 N–H and O–H groups in total. The minimum Gasteiger partial charge on any atom is -0.468 e. The first kappa shape index (κ1) is 19.8. The number of fused-ring (bicyclic) bond motifs is 1. The van der Waals surface area contributed by atoms with E-state index in [9.17, 15) is 9.59 Å². The molecule has 0 saturated heterocycles. The number of benzene rings is 1. The van der Waals surface area contributed by atoms with E-state index >= 15 is 0 Å². The van der Waals surface area contributed by atoms with Crippen LogP contribution >= 0.6 is 11.8 Å². The van der Waals surface area contributed by atoms with Crippen molar-refractivity contribution in [2.45, 2.75) is 30.0 Å². The molecule has 0 unspecified atom stereocenters. The number of nitrogens with zero attached hydrogens (tertiary/aromatic N) is 4. The maximum Gasteiger partial charge on any atom is 0.319 e. The maximum atomic E-state index is 12.1. The van der Waals surface area contributed by atoms with Crippen LogP contribution in [0, 0.1) is 0 Å². The summed E-state index contributed by atoms with van der Waals surface area (Å²) in [5.74, 6) is 0.224. The number of thioether (sulfide) groups is 1. The van der Waals surface area contributed by atoms with Crippen molar-refractivity contribution >= 4 is 29.3 Å². The van der Waals surface area contributed by atoms with Gasteiger partial charge in [-0.1, -0.05) is 36.9 Å². The third-order valence-corrected chi connectivity index (χ3v) is 5.34. The van der Waals surface area contributed by atoms with Gasteiger partial charge >= 0.3 is 5.97 Å². The number of amides is 1. The van der Waals surface area contributed by atoms with Gasteiger partial charge in [-0.3, -0.25) is 9.59 Å². The van der Waals surface area contributed by atoms with E-state index in [4.69, 9.17) is 4.74 Å². The summed E-state index contributed by atoms with van der Waals surface area (Å²) in [5, 5.41) is 16.0. The van der Waals surface area contributed by atoms with Crippen LogP contribution in [0.15, 0.2) is 47.5 Å². The van der Waals surface area contributed by atoms with Gasteiger partial charge in [0.25, 0.3) is 5.91 Å². The van der Waals surface area contributed by atoms with Gasteiger partial charge in [0.05, 0.1) is 7.11 Å². The van der Waals surface area contributed by atoms with Crippen LogP contribution in [0.1, 0.15) is 29.5 Å². The number of methoxy groups -OCH3 is 1. The molecule has 146 valence electrons. The highest BCUT2D eigenvalue weighted by Crippen LogP contribution is 2.24. The van der Waals surface area contributed by atoms with Crippen LogP contribution in [0.25, 0.3) is 5.65 Å². The van der Waals surface area contributed by atoms with E-state index in [0.29, 0.717) is 41.4 Å². The third-order valence-electron chi connectivity index (χ3n) is 4.07. The Morgan fingerprint density at radius 2 is 1.96 bits per heavy atom. The molecule has 3 aromatic rings. The quantitative estimate of drug-likeness (QED) is 0.458. The predicted molar refractivity (Wildman–Crippen MR) is 105 cm³/mol. The second kappa shape index (κ2) is 9.32. The zero-order valence-electron chi connectivity index (χ0n) is 15.7. The summed E-state index contributed by atoms with van der Waals surface area (Å²) in [6.45, 7) is 2.33. The van der Waals surface area contributed by atoms with Gasteiger partial charge in [-0.25, -0.2) is 0 Å². The fraction of sp³-hybridized carbons (Fsp3) is 0.316. The third kappa shape index (κ3) is 4.66. The molecule has 0 radical (unpaired) electrons. The Hall–Kier alpha value is -2.94. The van der Waals surface area contributed by atoms with Crippen LogP contribution < -0.4 is 5.32 Å². The molecular weight excluding hydrogens is 378 g/mol. The van der Waals surface area contributed by atoms with Crippen molar-refractivity contribution in [1.29, 1.82) is 0 Å². The van der Waals surface area contributed by atoms with Crippen LogP contribution in [0.3, 0.4) is 0 Å². The molecule has 1 aromatic carbocycles. The van der Waals surface area contributed by atoms with Gasteiger partial charge in [-0.15, -0.1) is 10.2 Å². The number of carbonyl (C=O) groups is 2. The van der Waals surface area contributed by atoms with E-state index in [0.717, 1.165) is 0 Å². The van der Waals surface area contributed by atoms with Gasteiger partial charge in [0.2, 0.25) is 0 Å². The van der Waals surface area contributed by atoms with Gasteiger partial charge in [-0.05, 0) is 30.7 Å². The zero-order valence-corrected chi connectivity index (χ0v) is 16.5. The fourth-order valence-corrected chi connectivity index (χ4v) is 3.52. The van der Waals surface area contributed by atoms with E-state index in [1.165, 1.54) is 18.9 Å². The monoisotopic (exact) mass is 399 g/mol. The van der Waals surface area contributed by atoms with Gasteiger partial charge in [-0.2, -0.15) is 9.61 Å². The lowest BCUT2D eigenvalue weighted by Gasteiger charge is -2.11. The highest BCUT2D eigenvalue weighted by Gasteiger charge is 2.20. The summed E-state index contributed by atoms with van der Waals surface area (Å²) in [6, 6.07) is 12.6. The summed E-state index contributed by atoms with van der Waals surface area (Å²) in [6.07, 6.45) is 1.12. The van der Waals surface area contributed by atoms with Crippen LogP contribution in [-0.4, -0.2) is 50.6 Å². The molecule has 3 rings (SSSR count). The van der Waals surface area contributed by atoms with Crippen molar-refractivity contribution in [3.05, 3.63) is 53.9 Å². The topological polar surface area (TPSA) is 98.5 Å². The smallest absolute Gasteiger partial charge is 0.319 e. The number of rotatable bonds is 8. The lowest BCUT2D eigenvalue weighted by molar-refractivity contribution is -0.140. The molecule has 0 aliphatic rings. The van der Waals surface area contributed by atoms with Crippen molar-refractivity contribution < 1.29 is 14.3 Å². The van der Waals surface area contributed by atoms with Crippen molar-refractivity contribution in [3.8, 4) is 0 Å². The highest BCUT2D eigenvalue weighted by molar-refractivity contribution is 8.00. The molecule has 0 fully saturated rings. The molecule has 0 aliphatic heterocycles. The normalized spacial score (nSPS) is 11.9. The lowest BCUT2D eigenvalue weighted by atomic mass is 10.2. The molecule has 0 aliphatic carbocycles. The molecule has 2 aromatic heterocycles. The number of hydrogen-bond acceptors (Lipinski definition) is 7. The average Bonchev–Trinajstić information content (AvgIpc) is 3.14. The molecule has 1 amide bonds. The van der Waals surface area contributed by atoms with Gasteiger partial charge in [0.15, 0.2) is 11.5 Å². The Balaban J connectivity index is 1.67. The summed E-state index contributed by atoms with van der Waals surface area (Å²) in [7, 11) is 1.38. The first-order valence-corrected chi connectivity index (χ1v) is 9.79. The van der Waals surface area contributed by atoms with E-state index in [1.54, 1.807) is 28.8 Å². The minimum atomic E-state index is -0.319. The molecule has 2 heterocycles. The molecule has 0 spiro atoms. The van der Waals surface area contributed by atoms with Crippen molar-refractivity contribution in [2.24, 2.45) is 0 Å². The summed E-state index contributed by atoms with van der Waals surface area (Å²) in [5.41, 5.74) is 1.22. The maximum absolute atomic E-state index is 12.1. The van der Waals surface area contributed by atoms with Crippen molar-refractivity contribution in [3.63, 3.8) is 0 Å². The van der Waals surface area contributed by atoms with Crippen LogP contribution in [-0.2, 0) is 16.0 Å². The van der Waals surface area contributed by atoms with E-state index in [2.05, 4.69) is 20.6 Å². The summed E-state index contributed by atoms with van der Waals surface area (Å²) < 4.78 is 6.46. The largest absolute Gasteiger partial charge is 0.468 e. The predicted octanol–water partition coefficient (Wildman–Crippen LogP) is 2.14. The fourth-order valence-electron chi connectivity index (χ4n) is 2.59. The number of hydrogen-bond donors (Lipinski definition) is 1. The van der Waals surface area contributed by atoms with Gasteiger partial charge in [0.1, 0.15) is 10.3 Å². The number of aromatic nitrogens is 4. The van der Waals surface area contributed by atoms with Gasteiger partial charge in [0, 0.05) is 18.5 Å². The molecule has 8 nitrogen and oxygen atoms in total. The Labute approximate surface area is 166 Å². The summed E-state index contributed by atoms with van der Waals surface area (Å²) >= 11 is 1.34. The second-order valence-corrected chi connectivity index (χ2v) is 7.19. The van der Waals surface area contributed by atoms with Crippen molar-refractivity contribution in [1.82, 2.24) is 25.1 Å².